The highest BCUT2D eigenvalue weighted by Gasteiger charge is 2.24. The molecule has 0 bridgehead atoms. The lowest BCUT2D eigenvalue weighted by Gasteiger charge is -2.12. The van der Waals surface area contributed by atoms with Gasteiger partial charge in [-0.15, -0.1) is 0 Å². The van der Waals surface area contributed by atoms with E-state index in [4.69, 9.17) is 4.74 Å². The normalized spacial score (nSPS) is 11.1. The fourth-order valence-electron chi connectivity index (χ4n) is 1.91. The van der Waals surface area contributed by atoms with Crippen molar-refractivity contribution in [1.82, 2.24) is 0 Å². The van der Waals surface area contributed by atoms with E-state index in [1.54, 1.807) is 6.92 Å². The first-order valence-electron chi connectivity index (χ1n) is 6.36. The molecule has 2 aromatic carbocycles. The number of nitro benzene ring substituents is 1. The summed E-state index contributed by atoms with van der Waals surface area (Å²) in [5, 5.41) is 10.8. The van der Waals surface area contributed by atoms with Crippen molar-refractivity contribution >= 4 is 21.4 Å². The second kappa shape index (κ2) is 6.21. The predicted octanol–water partition coefficient (Wildman–Crippen LogP) is 2.85. The lowest BCUT2D eigenvalue weighted by atomic mass is 10.2. The Morgan fingerprint density at radius 1 is 1.22 bits per heavy atom. The van der Waals surface area contributed by atoms with Gasteiger partial charge in [0.05, 0.1) is 17.7 Å². The van der Waals surface area contributed by atoms with Gasteiger partial charge < -0.3 is 4.74 Å². The summed E-state index contributed by atoms with van der Waals surface area (Å²) in [6, 6.07) is 7.06. The molecule has 2 aromatic rings. The van der Waals surface area contributed by atoms with Gasteiger partial charge >= 0.3 is 0 Å². The monoisotopic (exact) mass is 340 g/mol. The van der Waals surface area contributed by atoms with Gasteiger partial charge in [0.25, 0.3) is 15.7 Å². The Hall–Kier alpha value is -2.68. The van der Waals surface area contributed by atoms with Crippen molar-refractivity contribution in [3.05, 3.63) is 57.9 Å². The van der Waals surface area contributed by atoms with Gasteiger partial charge in [0.1, 0.15) is 16.5 Å². The lowest BCUT2D eigenvalue weighted by Crippen LogP contribution is -2.15. The largest absolute Gasteiger partial charge is 0.495 e. The van der Waals surface area contributed by atoms with Gasteiger partial charge in [-0.3, -0.25) is 14.8 Å². The number of anilines is 1. The molecule has 0 unspecified atom stereocenters. The fraction of sp³-hybridized carbons (Fsp3) is 0.143. The first-order valence-corrected chi connectivity index (χ1v) is 7.84. The number of halogens is 1. The van der Waals surface area contributed by atoms with Crippen LogP contribution >= 0.6 is 0 Å². The Labute approximate surface area is 131 Å². The summed E-state index contributed by atoms with van der Waals surface area (Å²) in [5.74, 6) is -0.847. The molecule has 2 rings (SSSR count). The van der Waals surface area contributed by atoms with Crippen molar-refractivity contribution in [2.45, 2.75) is 11.8 Å². The van der Waals surface area contributed by atoms with Crippen LogP contribution in [0.4, 0.5) is 15.8 Å². The maximum Gasteiger partial charge on any atom is 0.271 e. The fourth-order valence-corrected chi connectivity index (χ4v) is 3.15. The Bertz CT molecular complexity index is 867. The zero-order chi connectivity index (χ0) is 17.2. The molecule has 0 saturated heterocycles. The van der Waals surface area contributed by atoms with E-state index in [9.17, 15) is 22.9 Å². The minimum absolute atomic E-state index is 0.0869. The summed E-state index contributed by atoms with van der Waals surface area (Å²) in [4.78, 5) is 9.65. The number of sulfonamides is 1. The molecule has 7 nitrogen and oxygen atoms in total. The number of aryl methyl sites for hydroxylation is 1. The molecule has 0 heterocycles. The number of nitrogens with zero attached hydrogens (tertiary/aromatic N) is 1. The van der Waals surface area contributed by atoms with Gasteiger partial charge in [-0.25, -0.2) is 12.8 Å². The predicted molar refractivity (Wildman–Crippen MR) is 81.6 cm³/mol. The van der Waals surface area contributed by atoms with Crippen LogP contribution in [0.2, 0.25) is 0 Å². The van der Waals surface area contributed by atoms with Crippen LogP contribution in [0, 0.1) is 22.9 Å². The Balaban J connectivity index is 2.52. The number of hydrogen-bond donors (Lipinski definition) is 1. The van der Waals surface area contributed by atoms with Crippen molar-refractivity contribution in [2.75, 3.05) is 11.8 Å². The van der Waals surface area contributed by atoms with E-state index in [1.807, 2.05) is 0 Å². The van der Waals surface area contributed by atoms with Crippen LogP contribution in [-0.4, -0.2) is 20.5 Å². The van der Waals surface area contributed by atoms with Crippen molar-refractivity contribution in [3.63, 3.8) is 0 Å². The van der Waals surface area contributed by atoms with E-state index in [0.717, 1.165) is 18.2 Å². The number of hydrogen-bond acceptors (Lipinski definition) is 5. The SMILES string of the molecule is COc1ccc([N+](=O)[O-])cc1S(=O)(=O)Nc1cc(C)ccc1F. The number of benzene rings is 2. The smallest absolute Gasteiger partial charge is 0.271 e. The molecule has 0 saturated carbocycles. The molecule has 0 radical (unpaired) electrons. The van der Waals surface area contributed by atoms with Crippen LogP contribution in [-0.2, 0) is 10.0 Å². The van der Waals surface area contributed by atoms with Crippen LogP contribution in [0.5, 0.6) is 5.75 Å². The number of rotatable bonds is 5. The van der Waals surface area contributed by atoms with Crippen LogP contribution < -0.4 is 9.46 Å². The van der Waals surface area contributed by atoms with Gasteiger partial charge in [0, 0.05) is 12.1 Å². The quantitative estimate of drug-likeness (QED) is 0.666. The highest BCUT2D eigenvalue weighted by Crippen LogP contribution is 2.30. The van der Waals surface area contributed by atoms with Gasteiger partial charge in [-0.1, -0.05) is 6.07 Å². The number of ether oxygens (including phenoxy) is 1. The van der Waals surface area contributed by atoms with E-state index in [-0.39, 0.29) is 11.4 Å². The molecule has 0 fully saturated rings. The molecule has 0 amide bonds. The lowest BCUT2D eigenvalue weighted by molar-refractivity contribution is -0.385. The van der Waals surface area contributed by atoms with Crippen LogP contribution in [0.1, 0.15) is 5.56 Å². The van der Waals surface area contributed by atoms with E-state index >= 15 is 0 Å². The van der Waals surface area contributed by atoms with Crippen molar-refractivity contribution in [1.29, 1.82) is 0 Å². The average molecular weight is 340 g/mol. The van der Waals surface area contributed by atoms with Gasteiger partial charge in [-0.2, -0.15) is 0 Å². The van der Waals surface area contributed by atoms with Crippen LogP contribution in [0.3, 0.4) is 0 Å². The highest BCUT2D eigenvalue weighted by atomic mass is 32.2. The molecule has 0 aliphatic heterocycles. The van der Waals surface area contributed by atoms with E-state index in [2.05, 4.69) is 4.72 Å². The molecule has 1 N–H and O–H groups in total. The average Bonchev–Trinajstić information content (AvgIpc) is 2.50. The molecule has 0 aromatic heterocycles. The number of methoxy groups -OCH3 is 1. The summed E-state index contributed by atoms with van der Waals surface area (Å²) in [6.45, 7) is 1.67. The standard InChI is InChI=1S/C14H13FN2O5S/c1-9-3-5-11(15)12(7-9)16-23(20,21)14-8-10(17(18)19)4-6-13(14)22-2/h3-8,16H,1-2H3. The summed E-state index contributed by atoms with van der Waals surface area (Å²) >= 11 is 0. The highest BCUT2D eigenvalue weighted by molar-refractivity contribution is 7.92. The number of non-ortho nitro benzene ring substituents is 1. The topological polar surface area (TPSA) is 98.5 Å². The molecule has 23 heavy (non-hydrogen) atoms. The molecular weight excluding hydrogens is 327 g/mol. The molecule has 9 heteroatoms. The van der Waals surface area contributed by atoms with Crippen LogP contribution in [0.25, 0.3) is 0 Å². The van der Waals surface area contributed by atoms with Gasteiger partial charge in [-0.05, 0) is 30.7 Å². The second-order valence-electron chi connectivity index (χ2n) is 4.68. The zero-order valence-corrected chi connectivity index (χ0v) is 13.1. The minimum atomic E-state index is -4.27. The number of nitrogens with one attached hydrogen (secondary N) is 1. The first kappa shape index (κ1) is 16.7. The maximum atomic E-state index is 13.7. The van der Waals surface area contributed by atoms with Gasteiger partial charge in [0.15, 0.2) is 0 Å². The third-order valence-electron chi connectivity index (χ3n) is 3.01. The molecular formula is C14H13FN2O5S. The zero-order valence-electron chi connectivity index (χ0n) is 12.2. The van der Waals surface area contributed by atoms with E-state index in [0.29, 0.717) is 5.56 Å². The third-order valence-corrected chi connectivity index (χ3v) is 4.40. The van der Waals surface area contributed by atoms with Crippen LogP contribution in [0.15, 0.2) is 41.3 Å². The Morgan fingerprint density at radius 2 is 1.91 bits per heavy atom. The first-order chi connectivity index (χ1) is 10.7. The second-order valence-corrected chi connectivity index (χ2v) is 6.33. The summed E-state index contributed by atoms with van der Waals surface area (Å²) in [6.07, 6.45) is 0. The number of nitro groups is 1. The van der Waals surface area contributed by atoms with E-state index in [1.165, 1.54) is 25.3 Å². The molecule has 0 aliphatic carbocycles. The molecule has 0 atom stereocenters. The molecule has 0 spiro atoms. The summed E-state index contributed by atoms with van der Waals surface area (Å²) < 4.78 is 45.6. The summed E-state index contributed by atoms with van der Waals surface area (Å²) in [7, 11) is -3.04. The summed E-state index contributed by atoms with van der Waals surface area (Å²) in [5.41, 5.74) is -0.0236. The molecule has 122 valence electrons. The van der Waals surface area contributed by atoms with Crippen molar-refractivity contribution in [2.24, 2.45) is 0 Å². The Morgan fingerprint density at radius 3 is 2.52 bits per heavy atom. The van der Waals surface area contributed by atoms with E-state index < -0.39 is 31.3 Å². The van der Waals surface area contributed by atoms with Crippen molar-refractivity contribution < 1.29 is 22.5 Å². The Kier molecular flexibility index (Phi) is 4.50. The van der Waals surface area contributed by atoms with Crippen molar-refractivity contribution in [3.8, 4) is 5.75 Å². The molecule has 0 aliphatic rings. The minimum Gasteiger partial charge on any atom is -0.495 e. The van der Waals surface area contributed by atoms with Gasteiger partial charge in [0.2, 0.25) is 0 Å². The third kappa shape index (κ3) is 3.57. The maximum absolute atomic E-state index is 13.7.